The monoisotopic (exact) mass is 295 g/mol. The highest BCUT2D eigenvalue weighted by Crippen LogP contribution is 2.40. The van der Waals surface area contributed by atoms with Crippen LogP contribution in [0.2, 0.25) is 0 Å². The Morgan fingerprint density at radius 3 is 2.65 bits per heavy atom. The van der Waals surface area contributed by atoms with Gasteiger partial charge >= 0.3 is 0 Å². The number of nitrogens with zero attached hydrogens (tertiary/aromatic N) is 2. The minimum Gasteiger partial charge on any atom is -0.332 e. The average molecular weight is 295 g/mol. The van der Waals surface area contributed by atoms with Crippen molar-refractivity contribution in [2.45, 2.75) is 69.7 Å². The Balaban J connectivity index is 2.11. The van der Waals surface area contributed by atoms with Crippen molar-refractivity contribution in [2.75, 3.05) is 6.26 Å². The number of thioether (sulfide) groups is 1. The summed E-state index contributed by atoms with van der Waals surface area (Å²) in [6.07, 6.45) is 14.0. The molecule has 1 fully saturated rings. The van der Waals surface area contributed by atoms with E-state index in [9.17, 15) is 0 Å². The van der Waals surface area contributed by atoms with Crippen LogP contribution in [-0.4, -0.2) is 20.6 Å². The minimum atomic E-state index is 0.111. The smallest absolute Gasteiger partial charge is 0.0949 e. The summed E-state index contributed by atoms with van der Waals surface area (Å²) in [5.41, 5.74) is 7.57. The zero-order valence-corrected chi connectivity index (χ0v) is 14.0. The average Bonchev–Trinajstić information content (AvgIpc) is 2.87. The van der Waals surface area contributed by atoms with Gasteiger partial charge in [-0.1, -0.05) is 33.1 Å². The molecule has 20 heavy (non-hydrogen) atoms. The molecule has 0 spiro atoms. The Kier molecular flexibility index (Phi) is 5.56. The lowest BCUT2D eigenvalue weighted by molar-refractivity contribution is 0.350. The largest absolute Gasteiger partial charge is 0.332 e. The van der Waals surface area contributed by atoms with Crippen LogP contribution in [0.15, 0.2) is 12.5 Å². The van der Waals surface area contributed by atoms with Crippen LogP contribution in [0.5, 0.6) is 0 Å². The quantitative estimate of drug-likeness (QED) is 0.863. The Labute approximate surface area is 127 Å². The first-order chi connectivity index (χ1) is 9.56. The third-order valence-electron chi connectivity index (χ3n) is 4.51. The Hall–Kier alpha value is -0.480. The fourth-order valence-electron chi connectivity index (χ4n) is 3.33. The van der Waals surface area contributed by atoms with Gasteiger partial charge in [-0.25, -0.2) is 4.98 Å². The summed E-state index contributed by atoms with van der Waals surface area (Å²) >= 11 is 2.04. The van der Waals surface area contributed by atoms with Crippen molar-refractivity contribution < 1.29 is 0 Å². The molecule has 0 aliphatic heterocycles. The van der Waals surface area contributed by atoms with Crippen LogP contribution in [-0.2, 0) is 6.54 Å². The van der Waals surface area contributed by atoms with Gasteiger partial charge < -0.3 is 10.3 Å². The fraction of sp³-hybridized carbons (Fsp3) is 0.812. The number of rotatable bonds is 6. The maximum absolute atomic E-state index is 6.36. The molecule has 1 aliphatic carbocycles. The van der Waals surface area contributed by atoms with E-state index in [1.165, 1.54) is 37.8 Å². The van der Waals surface area contributed by atoms with Crippen LogP contribution >= 0.6 is 11.8 Å². The molecule has 4 heteroatoms. The topological polar surface area (TPSA) is 43.8 Å². The lowest BCUT2D eigenvalue weighted by Gasteiger charge is -2.36. The summed E-state index contributed by atoms with van der Waals surface area (Å²) in [7, 11) is 0. The number of aromatic nitrogens is 2. The molecule has 0 radical (unpaired) electrons. The molecule has 1 saturated carbocycles. The van der Waals surface area contributed by atoms with E-state index in [0.717, 1.165) is 13.0 Å². The second-order valence-electron chi connectivity index (χ2n) is 6.63. The van der Waals surface area contributed by atoms with Crippen molar-refractivity contribution in [3.8, 4) is 0 Å². The van der Waals surface area contributed by atoms with E-state index in [1.807, 2.05) is 24.3 Å². The lowest BCUT2D eigenvalue weighted by Crippen LogP contribution is -2.34. The summed E-state index contributed by atoms with van der Waals surface area (Å²) in [5, 5.41) is 0. The van der Waals surface area contributed by atoms with E-state index in [2.05, 4.69) is 29.7 Å². The first-order valence-electron chi connectivity index (χ1n) is 7.87. The van der Waals surface area contributed by atoms with Crippen LogP contribution in [0.1, 0.15) is 64.1 Å². The molecule has 114 valence electrons. The number of imidazole rings is 1. The molecule has 1 heterocycles. The maximum Gasteiger partial charge on any atom is 0.0949 e. The predicted molar refractivity (Wildman–Crippen MR) is 87.9 cm³/mol. The Morgan fingerprint density at radius 2 is 2.05 bits per heavy atom. The molecule has 2 rings (SSSR count). The van der Waals surface area contributed by atoms with E-state index in [-0.39, 0.29) is 6.04 Å². The van der Waals surface area contributed by atoms with Crippen molar-refractivity contribution in [2.24, 2.45) is 11.7 Å². The summed E-state index contributed by atoms with van der Waals surface area (Å²) in [5.74, 6) is 0.623. The van der Waals surface area contributed by atoms with Crippen molar-refractivity contribution >= 4 is 11.8 Å². The highest BCUT2D eigenvalue weighted by molar-refractivity contribution is 8.00. The summed E-state index contributed by atoms with van der Waals surface area (Å²) in [6.45, 7) is 5.52. The molecule has 1 unspecified atom stereocenters. The molecular formula is C16H29N3S. The molecule has 0 saturated heterocycles. The zero-order valence-electron chi connectivity index (χ0n) is 13.1. The van der Waals surface area contributed by atoms with Gasteiger partial charge in [0.2, 0.25) is 0 Å². The van der Waals surface area contributed by atoms with E-state index in [4.69, 9.17) is 5.73 Å². The third-order valence-corrected chi connectivity index (χ3v) is 5.91. The highest BCUT2D eigenvalue weighted by Gasteiger charge is 2.32. The molecule has 1 aromatic heterocycles. The standard InChI is InChI=1S/C16H29N3S/c1-13(2)9-14(17)15-10-18-12-19(15)11-16(20-3)7-5-4-6-8-16/h10,12-14H,4-9,11,17H2,1-3H3. The van der Waals surface area contributed by atoms with Crippen LogP contribution in [0, 0.1) is 5.92 Å². The van der Waals surface area contributed by atoms with Crippen molar-refractivity contribution in [1.82, 2.24) is 9.55 Å². The molecule has 1 aromatic rings. The van der Waals surface area contributed by atoms with E-state index < -0.39 is 0 Å². The normalized spacial score (nSPS) is 20.2. The molecule has 0 amide bonds. The van der Waals surface area contributed by atoms with Gasteiger partial charge in [-0.05, 0) is 31.4 Å². The minimum absolute atomic E-state index is 0.111. The van der Waals surface area contributed by atoms with Gasteiger partial charge in [0.25, 0.3) is 0 Å². The molecule has 1 aliphatic rings. The lowest BCUT2D eigenvalue weighted by atomic mass is 9.88. The Bertz CT molecular complexity index is 408. The van der Waals surface area contributed by atoms with Crippen LogP contribution in [0.3, 0.4) is 0 Å². The Morgan fingerprint density at radius 1 is 1.35 bits per heavy atom. The van der Waals surface area contributed by atoms with E-state index >= 15 is 0 Å². The number of hydrogen-bond acceptors (Lipinski definition) is 3. The van der Waals surface area contributed by atoms with E-state index in [0.29, 0.717) is 10.7 Å². The zero-order chi connectivity index (χ0) is 14.6. The van der Waals surface area contributed by atoms with Gasteiger partial charge in [-0.15, -0.1) is 0 Å². The van der Waals surface area contributed by atoms with Gasteiger partial charge in [-0.3, -0.25) is 0 Å². The third kappa shape index (κ3) is 3.79. The van der Waals surface area contributed by atoms with Crippen LogP contribution in [0.25, 0.3) is 0 Å². The summed E-state index contributed by atoms with van der Waals surface area (Å²) in [4.78, 5) is 4.36. The second-order valence-corrected chi connectivity index (χ2v) is 7.90. The first kappa shape index (κ1) is 15.9. The maximum atomic E-state index is 6.36. The number of nitrogens with two attached hydrogens (primary N) is 1. The predicted octanol–water partition coefficient (Wildman–Crippen LogP) is 3.99. The number of hydrogen-bond donors (Lipinski definition) is 1. The van der Waals surface area contributed by atoms with Crippen LogP contribution in [0.4, 0.5) is 0 Å². The summed E-state index contributed by atoms with van der Waals surface area (Å²) < 4.78 is 2.71. The fourth-order valence-corrected chi connectivity index (χ4v) is 4.30. The van der Waals surface area contributed by atoms with Gasteiger partial charge in [0, 0.05) is 23.5 Å². The van der Waals surface area contributed by atoms with Crippen molar-refractivity contribution in [3.63, 3.8) is 0 Å². The van der Waals surface area contributed by atoms with Crippen molar-refractivity contribution in [3.05, 3.63) is 18.2 Å². The first-order valence-corrected chi connectivity index (χ1v) is 9.09. The molecule has 0 bridgehead atoms. The van der Waals surface area contributed by atoms with Crippen LogP contribution < -0.4 is 5.73 Å². The van der Waals surface area contributed by atoms with Gasteiger partial charge in [0.1, 0.15) is 0 Å². The summed E-state index contributed by atoms with van der Waals surface area (Å²) in [6, 6.07) is 0.111. The SMILES string of the molecule is CSC1(Cn2cncc2C(N)CC(C)C)CCCCC1. The molecule has 0 aromatic carbocycles. The van der Waals surface area contributed by atoms with Crippen molar-refractivity contribution in [1.29, 1.82) is 0 Å². The molecular weight excluding hydrogens is 266 g/mol. The second kappa shape index (κ2) is 6.99. The molecule has 1 atom stereocenters. The van der Waals surface area contributed by atoms with E-state index in [1.54, 1.807) is 0 Å². The van der Waals surface area contributed by atoms with Gasteiger partial charge in [0.15, 0.2) is 0 Å². The van der Waals surface area contributed by atoms with Gasteiger partial charge in [-0.2, -0.15) is 11.8 Å². The molecule has 3 nitrogen and oxygen atoms in total. The van der Waals surface area contributed by atoms with Gasteiger partial charge in [0.05, 0.1) is 12.0 Å². The highest BCUT2D eigenvalue weighted by atomic mass is 32.2. The molecule has 2 N–H and O–H groups in total.